The number of halogens is 1. The van der Waals surface area contributed by atoms with Gasteiger partial charge in [-0.2, -0.15) is 0 Å². The first-order chi connectivity index (χ1) is 10.2. The van der Waals surface area contributed by atoms with Gasteiger partial charge in [-0.25, -0.2) is 4.98 Å². The van der Waals surface area contributed by atoms with Gasteiger partial charge in [0, 0.05) is 24.7 Å². The lowest BCUT2D eigenvalue weighted by atomic mass is 10.3. The quantitative estimate of drug-likeness (QED) is 0.656. The minimum Gasteiger partial charge on any atom is -0.355 e. The second-order valence-electron chi connectivity index (χ2n) is 5.03. The first kappa shape index (κ1) is 16.6. The maximum Gasteiger partial charge on any atom is 0.195 e. The fourth-order valence-electron chi connectivity index (χ4n) is 2.64. The van der Waals surface area contributed by atoms with Gasteiger partial charge < -0.3 is 9.80 Å². The molecule has 0 aliphatic rings. The molecule has 0 fully saturated rings. The van der Waals surface area contributed by atoms with Crippen molar-refractivity contribution in [2.75, 3.05) is 37.6 Å². The van der Waals surface area contributed by atoms with E-state index in [4.69, 9.17) is 16.6 Å². The van der Waals surface area contributed by atoms with Gasteiger partial charge in [0.15, 0.2) is 10.8 Å². The first-order valence-corrected chi connectivity index (χ1v) is 9.14. The molecule has 21 heavy (non-hydrogen) atoms. The molecular formula is C15H25ClN4S. The molecule has 0 amide bonds. The Bertz CT molecular complexity index is 547. The van der Waals surface area contributed by atoms with Crippen LogP contribution in [0.1, 0.15) is 32.9 Å². The Morgan fingerprint density at radius 2 is 1.95 bits per heavy atom. The fourth-order valence-corrected chi connectivity index (χ4v) is 3.61. The van der Waals surface area contributed by atoms with Crippen LogP contribution in [-0.4, -0.2) is 47.0 Å². The Hall–Kier alpha value is -0.780. The smallest absolute Gasteiger partial charge is 0.195 e. The van der Waals surface area contributed by atoms with Crippen molar-refractivity contribution in [3.63, 3.8) is 0 Å². The highest BCUT2D eigenvalue weighted by Gasteiger charge is 2.17. The molecule has 0 spiro atoms. The van der Waals surface area contributed by atoms with Gasteiger partial charge in [0.1, 0.15) is 0 Å². The van der Waals surface area contributed by atoms with Crippen LogP contribution in [0.5, 0.6) is 0 Å². The second kappa shape index (κ2) is 8.01. The zero-order valence-electron chi connectivity index (χ0n) is 13.2. The number of thiazole rings is 1. The van der Waals surface area contributed by atoms with Crippen LogP contribution in [0.25, 0.3) is 4.96 Å². The highest BCUT2D eigenvalue weighted by Crippen LogP contribution is 2.26. The second-order valence-corrected chi connectivity index (χ2v) is 6.17. The molecule has 6 heteroatoms. The van der Waals surface area contributed by atoms with Crippen LogP contribution in [0.15, 0.2) is 11.6 Å². The third-order valence-corrected chi connectivity index (χ3v) is 4.95. The molecule has 0 aliphatic heterocycles. The molecule has 2 aromatic heterocycles. The van der Waals surface area contributed by atoms with Gasteiger partial charge in [-0.1, -0.05) is 13.8 Å². The van der Waals surface area contributed by atoms with Gasteiger partial charge in [0.25, 0.3) is 0 Å². The summed E-state index contributed by atoms with van der Waals surface area (Å²) in [6, 6.07) is 0. The zero-order valence-corrected chi connectivity index (χ0v) is 14.8. The Kier molecular flexibility index (Phi) is 6.33. The fraction of sp³-hybridized carbons (Fsp3) is 0.667. The maximum absolute atomic E-state index is 6.15. The normalized spacial score (nSPS) is 11.7. The molecule has 2 rings (SSSR count). The molecular weight excluding hydrogens is 304 g/mol. The van der Waals surface area contributed by atoms with E-state index in [0.29, 0.717) is 5.88 Å². The van der Waals surface area contributed by atoms with Crippen molar-refractivity contribution in [3.05, 3.63) is 17.3 Å². The van der Waals surface area contributed by atoms with Crippen LogP contribution < -0.4 is 4.90 Å². The standard InChI is InChI=1S/C15H25ClN4S/c1-4-18(5-2)8-7-9-19(6-3)14-13(12-16)20-10-11-21-15(20)17-14/h10-11H,4-9,12H2,1-3H3. The van der Waals surface area contributed by atoms with Crippen molar-refractivity contribution in [3.8, 4) is 0 Å². The van der Waals surface area contributed by atoms with E-state index in [9.17, 15) is 0 Å². The summed E-state index contributed by atoms with van der Waals surface area (Å²) in [7, 11) is 0. The maximum atomic E-state index is 6.15. The number of rotatable bonds is 9. The summed E-state index contributed by atoms with van der Waals surface area (Å²) in [5.41, 5.74) is 1.11. The minimum atomic E-state index is 0.500. The van der Waals surface area contributed by atoms with Crippen molar-refractivity contribution >= 4 is 33.7 Å². The van der Waals surface area contributed by atoms with Gasteiger partial charge in [0.2, 0.25) is 0 Å². The molecule has 0 atom stereocenters. The van der Waals surface area contributed by atoms with Crippen LogP contribution >= 0.6 is 22.9 Å². The van der Waals surface area contributed by atoms with E-state index in [1.807, 2.05) is 0 Å². The molecule has 0 N–H and O–H groups in total. The predicted octanol–water partition coefficient (Wildman–Crippen LogP) is 3.69. The van der Waals surface area contributed by atoms with Crippen molar-refractivity contribution in [1.82, 2.24) is 14.3 Å². The van der Waals surface area contributed by atoms with Gasteiger partial charge >= 0.3 is 0 Å². The number of aromatic nitrogens is 2. The van der Waals surface area contributed by atoms with E-state index in [2.05, 4.69) is 46.5 Å². The van der Waals surface area contributed by atoms with Crippen LogP contribution in [0, 0.1) is 0 Å². The van der Waals surface area contributed by atoms with Gasteiger partial charge in [-0.05, 0) is 33.0 Å². The monoisotopic (exact) mass is 328 g/mol. The van der Waals surface area contributed by atoms with E-state index in [1.165, 1.54) is 0 Å². The summed E-state index contributed by atoms with van der Waals surface area (Å²) >= 11 is 7.81. The van der Waals surface area contributed by atoms with Gasteiger partial charge in [0.05, 0.1) is 11.6 Å². The summed E-state index contributed by atoms with van der Waals surface area (Å²) in [6.07, 6.45) is 3.21. The molecule has 0 aliphatic carbocycles. The van der Waals surface area contributed by atoms with Crippen molar-refractivity contribution in [2.45, 2.75) is 33.1 Å². The van der Waals surface area contributed by atoms with Crippen LogP contribution in [0.4, 0.5) is 5.82 Å². The van der Waals surface area contributed by atoms with E-state index in [1.54, 1.807) is 11.3 Å². The summed E-state index contributed by atoms with van der Waals surface area (Å²) < 4.78 is 2.11. The number of nitrogens with zero attached hydrogens (tertiary/aromatic N) is 4. The molecule has 0 aromatic carbocycles. The topological polar surface area (TPSA) is 23.8 Å². The third-order valence-electron chi connectivity index (χ3n) is 3.94. The van der Waals surface area contributed by atoms with Crippen molar-refractivity contribution in [1.29, 1.82) is 0 Å². The van der Waals surface area contributed by atoms with Gasteiger partial charge in [-0.15, -0.1) is 22.9 Å². The van der Waals surface area contributed by atoms with E-state index in [0.717, 1.165) is 55.6 Å². The molecule has 118 valence electrons. The Morgan fingerprint density at radius 3 is 2.57 bits per heavy atom. The van der Waals surface area contributed by atoms with Crippen LogP contribution in [-0.2, 0) is 5.88 Å². The number of imidazole rings is 1. The highest BCUT2D eigenvalue weighted by molar-refractivity contribution is 7.15. The van der Waals surface area contributed by atoms with Crippen LogP contribution in [0.3, 0.4) is 0 Å². The number of hydrogen-bond donors (Lipinski definition) is 0. The van der Waals surface area contributed by atoms with Gasteiger partial charge in [-0.3, -0.25) is 4.40 Å². The lowest BCUT2D eigenvalue weighted by Crippen LogP contribution is -2.30. The first-order valence-electron chi connectivity index (χ1n) is 7.72. The SMILES string of the molecule is CCN(CC)CCCN(CC)c1nc2sccn2c1CCl. The summed E-state index contributed by atoms with van der Waals surface area (Å²) in [5.74, 6) is 1.55. The Labute approximate surface area is 136 Å². The summed E-state index contributed by atoms with van der Waals surface area (Å²) in [4.78, 5) is 10.6. The molecule has 0 saturated heterocycles. The lowest BCUT2D eigenvalue weighted by molar-refractivity contribution is 0.300. The molecule has 0 saturated carbocycles. The number of fused-ring (bicyclic) bond motifs is 1. The Balaban J connectivity index is 2.06. The van der Waals surface area contributed by atoms with Crippen LogP contribution in [0.2, 0.25) is 0 Å². The molecule has 4 nitrogen and oxygen atoms in total. The molecule has 0 unspecified atom stereocenters. The Morgan fingerprint density at radius 1 is 1.19 bits per heavy atom. The summed E-state index contributed by atoms with van der Waals surface area (Å²) in [5, 5.41) is 2.05. The minimum absolute atomic E-state index is 0.500. The highest BCUT2D eigenvalue weighted by atomic mass is 35.5. The molecule has 0 bridgehead atoms. The number of anilines is 1. The molecule has 0 radical (unpaired) electrons. The average Bonchev–Trinajstić information content (AvgIpc) is 3.08. The summed E-state index contributed by atoms with van der Waals surface area (Å²) in [6.45, 7) is 12.0. The lowest BCUT2D eigenvalue weighted by Gasteiger charge is -2.24. The zero-order chi connectivity index (χ0) is 15.2. The molecule has 2 aromatic rings. The third kappa shape index (κ3) is 3.71. The molecule has 2 heterocycles. The van der Waals surface area contributed by atoms with E-state index >= 15 is 0 Å². The van der Waals surface area contributed by atoms with E-state index < -0.39 is 0 Å². The number of alkyl halides is 1. The number of hydrogen-bond acceptors (Lipinski definition) is 4. The average molecular weight is 329 g/mol. The van der Waals surface area contributed by atoms with Crippen molar-refractivity contribution in [2.24, 2.45) is 0 Å². The van der Waals surface area contributed by atoms with Crippen molar-refractivity contribution < 1.29 is 0 Å². The predicted molar refractivity (Wildman–Crippen MR) is 92.9 cm³/mol. The largest absolute Gasteiger partial charge is 0.355 e. The van der Waals surface area contributed by atoms with E-state index in [-0.39, 0.29) is 0 Å².